The smallest absolute Gasteiger partial charge is 0.214 e. The predicted octanol–water partition coefficient (Wildman–Crippen LogP) is 6.66. The van der Waals surface area contributed by atoms with E-state index in [0.29, 0.717) is 10.3 Å². The van der Waals surface area contributed by atoms with Gasteiger partial charge in [-0.2, -0.15) is 10.5 Å². The second kappa shape index (κ2) is 14.2. The minimum Gasteiger partial charge on any atom is -0.249 e. The van der Waals surface area contributed by atoms with Gasteiger partial charge >= 0.3 is 0 Å². The maximum Gasteiger partial charge on any atom is 0.214 e. The van der Waals surface area contributed by atoms with E-state index in [1.165, 1.54) is 12.5 Å². The molecule has 0 aromatic carbocycles. The van der Waals surface area contributed by atoms with Crippen molar-refractivity contribution in [2.75, 3.05) is 12.5 Å². The van der Waals surface area contributed by atoms with Gasteiger partial charge in [0.05, 0.1) is 30.0 Å². The monoisotopic (exact) mass is 549 g/mol. The Labute approximate surface area is 216 Å². The van der Waals surface area contributed by atoms with Crippen LogP contribution in [-0.2, 0) is 30.0 Å². The van der Waals surface area contributed by atoms with E-state index in [0.717, 1.165) is 30.4 Å². The lowest BCUT2D eigenvalue weighted by atomic mass is 9.79. The van der Waals surface area contributed by atoms with Crippen LogP contribution in [0.5, 0.6) is 0 Å². The molecule has 1 saturated carbocycles. The van der Waals surface area contributed by atoms with Crippen molar-refractivity contribution in [2.24, 2.45) is 8.73 Å². The topological polar surface area (TPSA) is 132 Å². The molecule has 2 atom stereocenters. The first-order chi connectivity index (χ1) is 14.5. The standard InChI is InChI=1S/C11H12ClN3OS.C8H8ClN3OS.3CH4.H2/c1-17(16,15-8-13)11(5-2-6-11)9-3-4-10(12)14-7-9;1-14(13,12-6-10)5-7-2-3-8(9)11-4-7;;;;/h3-4,7H,2,5-6H2,1H3;2-4H,5H2,1H3;3*1H4;1H/i;;;;;1+1. The highest BCUT2D eigenvalue weighted by atomic mass is 35.5. The molecule has 12 heteroatoms. The van der Waals surface area contributed by atoms with Crippen molar-refractivity contribution in [1.82, 2.24) is 9.97 Å². The van der Waals surface area contributed by atoms with Crippen molar-refractivity contribution in [2.45, 2.75) is 52.0 Å². The molecule has 8 nitrogen and oxygen atoms in total. The zero-order valence-corrected chi connectivity index (χ0v) is 20.0. The maximum absolute atomic E-state index is 12.5. The van der Waals surface area contributed by atoms with Crippen LogP contribution in [0.4, 0.5) is 0 Å². The highest BCUT2D eigenvalue weighted by Gasteiger charge is 2.46. The van der Waals surface area contributed by atoms with Crippen LogP contribution < -0.4 is 0 Å². The number of pyridine rings is 2. The van der Waals surface area contributed by atoms with E-state index in [2.05, 4.69) is 18.7 Å². The van der Waals surface area contributed by atoms with Gasteiger partial charge < -0.3 is 0 Å². The first-order valence-electron chi connectivity index (χ1n) is 8.95. The summed E-state index contributed by atoms with van der Waals surface area (Å²) in [6.45, 7) is 0. The van der Waals surface area contributed by atoms with Gasteiger partial charge in [-0.15, -0.1) is 8.73 Å². The van der Waals surface area contributed by atoms with Gasteiger partial charge in [-0.05, 0) is 42.5 Å². The van der Waals surface area contributed by atoms with Crippen LogP contribution in [0.15, 0.2) is 45.4 Å². The summed E-state index contributed by atoms with van der Waals surface area (Å²) in [5.74, 6) is 0.213. The minimum absolute atomic E-state index is 0. The van der Waals surface area contributed by atoms with Gasteiger partial charge in [0.15, 0.2) is 0 Å². The van der Waals surface area contributed by atoms with Gasteiger partial charge in [0.2, 0.25) is 12.4 Å². The van der Waals surface area contributed by atoms with E-state index >= 15 is 0 Å². The van der Waals surface area contributed by atoms with Crippen molar-refractivity contribution < 1.29 is 9.84 Å². The Morgan fingerprint density at radius 3 is 1.88 bits per heavy atom. The van der Waals surface area contributed by atoms with Crippen LogP contribution in [0.2, 0.25) is 10.3 Å². The summed E-state index contributed by atoms with van der Waals surface area (Å²) in [5, 5.41) is 17.7. The van der Waals surface area contributed by atoms with Gasteiger partial charge in [-0.25, -0.2) is 18.4 Å². The van der Waals surface area contributed by atoms with E-state index in [1.807, 2.05) is 6.07 Å². The molecule has 2 unspecified atom stereocenters. The summed E-state index contributed by atoms with van der Waals surface area (Å²) in [7, 11) is -5.04. The van der Waals surface area contributed by atoms with Crippen molar-refractivity contribution in [3.8, 4) is 12.4 Å². The molecule has 0 bridgehead atoms. The van der Waals surface area contributed by atoms with Crippen molar-refractivity contribution >= 4 is 42.7 Å². The molecule has 0 radical (unpaired) electrons. The molecule has 2 heterocycles. The molecule has 0 spiro atoms. The van der Waals surface area contributed by atoms with Gasteiger partial charge in [0, 0.05) is 26.3 Å². The Bertz CT molecular complexity index is 1250. The van der Waals surface area contributed by atoms with Crippen LogP contribution >= 0.6 is 23.2 Å². The first kappa shape index (κ1) is 33.9. The van der Waals surface area contributed by atoms with Crippen molar-refractivity contribution in [3.63, 3.8) is 0 Å². The maximum atomic E-state index is 12.5. The van der Waals surface area contributed by atoms with Crippen molar-refractivity contribution in [3.05, 3.63) is 58.1 Å². The molecule has 2 aromatic heterocycles. The fraction of sp³-hybridized carbons (Fsp3) is 0.455. The molecular weight excluding hydrogens is 515 g/mol. The number of halogens is 2. The second-order valence-corrected chi connectivity index (χ2v) is 12.7. The lowest BCUT2D eigenvalue weighted by Crippen LogP contribution is -2.41. The zero-order chi connectivity index (χ0) is 23.1. The Hall–Kier alpha value is -2.24. The summed E-state index contributed by atoms with van der Waals surface area (Å²) in [6.07, 6.45) is 11.9. The molecule has 1 fully saturated rings. The number of aromatic nitrogens is 2. The van der Waals surface area contributed by atoms with E-state index in [4.69, 9.17) is 33.7 Å². The lowest BCUT2D eigenvalue weighted by molar-refractivity contribution is 0.358. The molecule has 190 valence electrons. The first-order valence-corrected chi connectivity index (χ1v) is 13.7. The Balaban J connectivity index is -0.000000533. The summed E-state index contributed by atoms with van der Waals surface area (Å²) >= 11 is 11.3. The molecule has 0 amide bonds. The molecule has 2 aromatic rings. The quantitative estimate of drug-likeness (QED) is 0.309. The number of rotatable bonds is 4. The van der Waals surface area contributed by atoms with Gasteiger partial charge in [0.1, 0.15) is 10.3 Å². The third-order valence-corrected chi connectivity index (χ3v) is 9.12. The van der Waals surface area contributed by atoms with Crippen LogP contribution in [-0.4, -0.2) is 30.9 Å². The molecule has 0 saturated heterocycles. The fourth-order valence-corrected chi connectivity index (χ4v) is 6.30. The SMILES string of the molecule is C.C.C.CS(=O)(=NC#N)C1(c2ccc(Cl)nc2)CCC1.CS(=O)(Cc1ccc(Cl)nc1)=NC#N.[2HH]. The largest absolute Gasteiger partial charge is 0.249 e. The van der Waals surface area contributed by atoms with E-state index in [1.54, 1.807) is 43.0 Å². The van der Waals surface area contributed by atoms with Crippen LogP contribution in [0, 0.1) is 22.9 Å². The van der Waals surface area contributed by atoms with Crippen LogP contribution in [0.3, 0.4) is 0 Å². The van der Waals surface area contributed by atoms with Crippen molar-refractivity contribution in [1.29, 1.82) is 10.5 Å². The minimum atomic E-state index is -2.57. The highest BCUT2D eigenvalue weighted by Crippen LogP contribution is 2.48. The zero-order valence-electron chi connectivity index (χ0n) is 16.9. The van der Waals surface area contributed by atoms with E-state index in [-0.39, 0.29) is 29.5 Å². The Kier molecular flexibility index (Phi) is 14.2. The number of hydrogen-bond acceptors (Lipinski definition) is 8. The Morgan fingerprint density at radius 2 is 1.50 bits per heavy atom. The van der Waals surface area contributed by atoms with Gasteiger partial charge in [0.25, 0.3) is 0 Å². The lowest BCUT2D eigenvalue weighted by Gasteiger charge is -2.42. The third kappa shape index (κ3) is 8.52. The summed E-state index contributed by atoms with van der Waals surface area (Å²) in [6, 6.07) is 6.83. The number of hydrogen-bond donors (Lipinski definition) is 0. The van der Waals surface area contributed by atoms with E-state index in [9.17, 15) is 8.42 Å². The molecular formula is C22H34Cl2N6O2S2. The van der Waals surface area contributed by atoms with E-state index < -0.39 is 24.2 Å². The summed E-state index contributed by atoms with van der Waals surface area (Å²) in [4.78, 5) is 7.85. The predicted molar refractivity (Wildman–Crippen MR) is 144 cm³/mol. The highest BCUT2D eigenvalue weighted by molar-refractivity contribution is 7.94. The number of nitriles is 2. The van der Waals surface area contributed by atoms with Gasteiger partial charge in [-0.1, -0.05) is 57.6 Å². The summed E-state index contributed by atoms with van der Waals surface area (Å²) < 4.78 is 30.6. The normalized spacial score (nSPS) is 16.2. The molecule has 3 rings (SSSR count). The summed E-state index contributed by atoms with van der Waals surface area (Å²) in [5.41, 5.74) is 1.61. The second-order valence-electron chi connectivity index (χ2n) is 7.00. The molecule has 1 aliphatic rings. The average Bonchev–Trinajstić information content (AvgIpc) is 2.64. The molecule has 0 N–H and O–H groups in total. The van der Waals surface area contributed by atoms with Crippen LogP contribution in [0.1, 0.15) is 54.1 Å². The molecule has 34 heavy (non-hydrogen) atoms. The van der Waals surface area contributed by atoms with Gasteiger partial charge in [-0.3, -0.25) is 0 Å². The molecule has 0 aliphatic heterocycles. The Morgan fingerprint density at radius 1 is 0.971 bits per heavy atom. The van der Waals surface area contributed by atoms with Crippen LogP contribution in [0.25, 0.3) is 0 Å². The third-order valence-electron chi connectivity index (χ3n) is 4.81. The molecule has 1 aliphatic carbocycles. The fourth-order valence-electron chi connectivity index (χ4n) is 3.11. The average molecular weight is 551 g/mol. The number of nitrogens with zero attached hydrogens (tertiary/aromatic N) is 6.